The summed E-state index contributed by atoms with van der Waals surface area (Å²) in [7, 11) is 0. The smallest absolute Gasteiger partial charge is 0.163 e. The first-order valence-electron chi connectivity index (χ1n) is 10.9. The van der Waals surface area contributed by atoms with E-state index in [0.29, 0.717) is 5.02 Å². The molecule has 1 aromatic heterocycles. The van der Waals surface area contributed by atoms with Crippen molar-refractivity contribution in [2.45, 2.75) is 46.3 Å². The van der Waals surface area contributed by atoms with E-state index < -0.39 is 11.7 Å². The van der Waals surface area contributed by atoms with Crippen LogP contribution in [0.3, 0.4) is 0 Å². The molecule has 0 fully saturated rings. The van der Waals surface area contributed by atoms with Crippen LogP contribution in [0.5, 0.6) is 0 Å². The predicted molar refractivity (Wildman–Crippen MR) is 134 cm³/mol. The fourth-order valence-corrected chi connectivity index (χ4v) is 4.36. The van der Waals surface area contributed by atoms with Crippen molar-refractivity contribution >= 4 is 28.2 Å². The molecule has 0 aliphatic rings. The Morgan fingerprint density at radius 2 is 1.64 bits per heavy atom. The van der Waals surface area contributed by atoms with Gasteiger partial charge in [-0.2, -0.15) is 0 Å². The van der Waals surface area contributed by atoms with Crippen molar-refractivity contribution in [1.82, 2.24) is 9.97 Å². The molecule has 0 saturated carbocycles. The van der Waals surface area contributed by atoms with Crippen LogP contribution in [0.25, 0.3) is 33.0 Å². The summed E-state index contributed by atoms with van der Waals surface area (Å²) in [4.78, 5) is 21.3. The second-order valence-electron chi connectivity index (χ2n) is 9.24. The highest BCUT2D eigenvalue weighted by molar-refractivity contribution is 6.30. The maximum atomic E-state index is 12.9. The molecule has 1 heterocycles. The van der Waals surface area contributed by atoms with Crippen LogP contribution in [0.4, 0.5) is 0 Å². The standard InChI is InChI=1S/C28H27ClN2O2/c1-17-13-24-22(20-14-30-16-31-15-20)7-6-8-23(24)26(19-9-11-21(29)12-10-19)25(17)27(18(2)32)33-28(3,4)5/h6-16,27H,1-5H3. The highest BCUT2D eigenvalue weighted by Crippen LogP contribution is 2.43. The highest BCUT2D eigenvalue weighted by atomic mass is 35.5. The third-order valence-electron chi connectivity index (χ3n) is 5.54. The third-order valence-corrected chi connectivity index (χ3v) is 5.79. The Morgan fingerprint density at radius 3 is 2.24 bits per heavy atom. The number of aromatic nitrogens is 2. The number of ether oxygens (including phenoxy) is 1. The van der Waals surface area contributed by atoms with Gasteiger partial charge in [0.2, 0.25) is 0 Å². The third kappa shape index (κ3) is 4.82. The number of fused-ring (bicyclic) bond motifs is 1. The molecule has 0 saturated heterocycles. The average molecular weight is 459 g/mol. The topological polar surface area (TPSA) is 52.1 Å². The zero-order chi connectivity index (χ0) is 23.8. The van der Waals surface area contributed by atoms with Gasteiger partial charge in [0.1, 0.15) is 12.4 Å². The molecule has 168 valence electrons. The molecule has 0 spiro atoms. The molecule has 1 unspecified atom stereocenters. The van der Waals surface area contributed by atoms with E-state index in [1.54, 1.807) is 6.92 Å². The van der Waals surface area contributed by atoms with Gasteiger partial charge in [0.15, 0.2) is 5.78 Å². The highest BCUT2D eigenvalue weighted by Gasteiger charge is 2.29. The molecular weight excluding hydrogens is 432 g/mol. The maximum Gasteiger partial charge on any atom is 0.163 e. The molecule has 0 aliphatic carbocycles. The van der Waals surface area contributed by atoms with E-state index in [1.807, 2.05) is 70.4 Å². The van der Waals surface area contributed by atoms with Crippen molar-refractivity contribution in [3.8, 4) is 22.3 Å². The number of rotatable bonds is 5. The quantitative estimate of drug-likeness (QED) is 0.313. The summed E-state index contributed by atoms with van der Waals surface area (Å²) in [5.41, 5.74) is 5.31. The SMILES string of the molecule is CC(=O)C(OC(C)(C)C)c1c(C)cc2c(-c3cncnc3)cccc2c1-c1ccc(Cl)cc1. The number of halogens is 1. The predicted octanol–water partition coefficient (Wildman–Crippen LogP) is 7.37. The van der Waals surface area contributed by atoms with E-state index in [4.69, 9.17) is 16.3 Å². The van der Waals surface area contributed by atoms with Crippen LogP contribution in [-0.2, 0) is 9.53 Å². The first-order chi connectivity index (χ1) is 15.7. The summed E-state index contributed by atoms with van der Waals surface area (Å²) >= 11 is 6.20. The number of carbonyl (C=O) groups is 1. The van der Waals surface area contributed by atoms with Gasteiger partial charge in [-0.05, 0) is 85.3 Å². The Morgan fingerprint density at radius 1 is 0.970 bits per heavy atom. The monoisotopic (exact) mass is 458 g/mol. The molecule has 4 aromatic rings. The number of hydrogen-bond acceptors (Lipinski definition) is 4. The summed E-state index contributed by atoms with van der Waals surface area (Å²) in [6.07, 6.45) is 4.46. The second-order valence-corrected chi connectivity index (χ2v) is 9.67. The molecule has 5 heteroatoms. The number of hydrogen-bond donors (Lipinski definition) is 0. The molecule has 0 amide bonds. The lowest BCUT2D eigenvalue weighted by Gasteiger charge is -2.30. The average Bonchev–Trinajstić information content (AvgIpc) is 2.77. The molecular formula is C28H27ClN2O2. The van der Waals surface area contributed by atoms with Crippen LogP contribution < -0.4 is 0 Å². The van der Waals surface area contributed by atoms with Crippen molar-refractivity contribution in [3.63, 3.8) is 0 Å². The zero-order valence-electron chi connectivity index (χ0n) is 19.5. The van der Waals surface area contributed by atoms with Crippen LogP contribution in [0.15, 0.2) is 67.3 Å². The summed E-state index contributed by atoms with van der Waals surface area (Å²) in [5, 5.41) is 2.76. The Kier molecular flexibility index (Phi) is 6.33. The fourth-order valence-electron chi connectivity index (χ4n) is 4.23. The number of Topliss-reactive ketones (excluding diaryl/α,β-unsaturated/α-hetero) is 1. The number of benzene rings is 3. The van der Waals surface area contributed by atoms with Crippen molar-refractivity contribution in [3.05, 3.63) is 83.4 Å². The second kappa shape index (κ2) is 9.05. The van der Waals surface area contributed by atoms with Crippen LogP contribution in [0, 0.1) is 6.92 Å². The zero-order valence-corrected chi connectivity index (χ0v) is 20.3. The van der Waals surface area contributed by atoms with Gasteiger partial charge in [-0.3, -0.25) is 4.79 Å². The van der Waals surface area contributed by atoms with Gasteiger partial charge in [-0.15, -0.1) is 0 Å². The summed E-state index contributed by atoms with van der Waals surface area (Å²) in [5.74, 6) is -0.0322. The number of aryl methyl sites for hydroxylation is 1. The lowest BCUT2D eigenvalue weighted by Crippen LogP contribution is -2.27. The molecule has 4 rings (SSSR count). The lowest BCUT2D eigenvalue weighted by atomic mass is 9.84. The molecule has 0 N–H and O–H groups in total. The van der Waals surface area contributed by atoms with E-state index in [9.17, 15) is 4.79 Å². The summed E-state index contributed by atoms with van der Waals surface area (Å²) < 4.78 is 6.32. The molecule has 3 aromatic carbocycles. The van der Waals surface area contributed by atoms with E-state index >= 15 is 0 Å². The summed E-state index contributed by atoms with van der Waals surface area (Å²) in [6.45, 7) is 9.52. The van der Waals surface area contributed by atoms with Gasteiger partial charge < -0.3 is 4.74 Å². The van der Waals surface area contributed by atoms with Gasteiger partial charge in [0.05, 0.1) is 5.60 Å². The van der Waals surface area contributed by atoms with Crippen molar-refractivity contribution in [1.29, 1.82) is 0 Å². The van der Waals surface area contributed by atoms with Crippen LogP contribution in [-0.4, -0.2) is 21.4 Å². The minimum atomic E-state index is -0.691. The van der Waals surface area contributed by atoms with Crippen molar-refractivity contribution in [2.75, 3.05) is 0 Å². The molecule has 4 nitrogen and oxygen atoms in total. The number of ketones is 1. The van der Waals surface area contributed by atoms with Crippen LogP contribution in [0.2, 0.25) is 5.02 Å². The fraction of sp³-hybridized carbons (Fsp3) is 0.250. The molecule has 1 atom stereocenters. The normalized spacial score (nSPS) is 12.7. The Balaban J connectivity index is 2.10. The molecule has 0 aliphatic heterocycles. The van der Waals surface area contributed by atoms with Crippen molar-refractivity contribution in [2.24, 2.45) is 0 Å². The number of nitrogens with zero attached hydrogens (tertiary/aromatic N) is 2. The lowest BCUT2D eigenvalue weighted by molar-refractivity contribution is -0.138. The number of carbonyl (C=O) groups excluding carboxylic acids is 1. The van der Waals surface area contributed by atoms with Gasteiger partial charge >= 0.3 is 0 Å². The van der Waals surface area contributed by atoms with Crippen LogP contribution in [0.1, 0.15) is 44.9 Å². The summed E-state index contributed by atoms with van der Waals surface area (Å²) in [6, 6.07) is 16.0. The van der Waals surface area contributed by atoms with Gasteiger partial charge in [-0.1, -0.05) is 48.0 Å². The minimum absolute atomic E-state index is 0.0322. The van der Waals surface area contributed by atoms with Gasteiger partial charge in [0, 0.05) is 23.0 Å². The van der Waals surface area contributed by atoms with Gasteiger partial charge in [-0.25, -0.2) is 9.97 Å². The largest absolute Gasteiger partial charge is 0.360 e. The van der Waals surface area contributed by atoms with E-state index in [1.165, 1.54) is 6.33 Å². The van der Waals surface area contributed by atoms with E-state index in [0.717, 1.165) is 44.2 Å². The first kappa shape index (κ1) is 23.1. The molecule has 0 radical (unpaired) electrons. The Hall–Kier alpha value is -3.08. The van der Waals surface area contributed by atoms with E-state index in [2.05, 4.69) is 28.2 Å². The Labute approximate surface area is 199 Å². The first-order valence-corrected chi connectivity index (χ1v) is 11.3. The van der Waals surface area contributed by atoms with E-state index in [-0.39, 0.29) is 5.78 Å². The maximum absolute atomic E-state index is 12.9. The van der Waals surface area contributed by atoms with Crippen LogP contribution >= 0.6 is 11.6 Å². The minimum Gasteiger partial charge on any atom is -0.360 e. The molecule has 33 heavy (non-hydrogen) atoms. The Bertz CT molecular complexity index is 1310. The van der Waals surface area contributed by atoms with Crippen molar-refractivity contribution < 1.29 is 9.53 Å². The molecule has 0 bridgehead atoms. The van der Waals surface area contributed by atoms with Gasteiger partial charge in [0.25, 0.3) is 0 Å².